The number of halogens is 2. The van der Waals surface area contributed by atoms with Crippen LogP contribution < -0.4 is 5.73 Å². The van der Waals surface area contributed by atoms with E-state index in [1.165, 1.54) is 5.56 Å². The fourth-order valence-corrected chi connectivity index (χ4v) is 3.32. The normalized spacial score (nSPS) is 12.9. The SMILES string of the molecule is CN(Cc1ccsc1)C(CN)c1cc(Cl)cc(Cl)c1. The van der Waals surface area contributed by atoms with E-state index in [1.807, 2.05) is 12.1 Å². The summed E-state index contributed by atoms with van der Waals surface area (Å²) in [6, 6.07) is 7.82. The zero-order chi connectivity index (χ0) is 13.8. The zero-order valence-corrected chi connectivity index (χ0v) is 13.0. The lowest BCUT2D eigenvalue weighted by Gasteiger charge is -2.27. The molecule has 1 unspecified atom stereocenters. The van der Waals surface area contributed by atoms with Gasteiger partial charge in [0.1, 0.15) is 0 Å². The maximum Gasteiger partial charge on any atom is 0.0472 e. The lowest BCUT2D eigenvalue weighted by Crippen LogP contribution is -2.30. The Balaban J connectivity index is 2.18. The molecule has 0 saturated carbocycles. The summed E-state index contributed by atoms with van der Waals surface area (Å²) in [4.78, 5) is 2.21. The molecule has 0 saturated heterocycles. The number of hydrogen-bond donors (Lipinski definition) is 1. The number of thiophene rings is 1. The molecule has 1 heterocycles. The molecule has 102 valence electrons. The Hall–Kier alpha value is -0.580. The summed E-state index contributed by atoms with van der Waals surface area (Å²) >= 11 is 13.8. The Morgan fingerprint density at radius 2 is 1.95 bits per heavy atom. The second kappa shape index (κ2) is 6.73. The average Bonchev–Trinajstić information content (AvgIpc) is 2.81. The first-order chi connectivity index (χ1) is 9.10. The molecule has 0 amide bonds. The van der Waals surface area contributed by atoms with Gasteiger partial charge in [-0.3, -0.25) is 4.90 Å². The van der Waals surface area contributed by atoms with Gasteiger partial charge in [0.15, 0.2) is 0 Å². The van der Waals surface area contributed by atoms with Gasteiger partial charge in [0.05, 0.1) is 0 Å². The van der Waals surface area contributed by atoms with Crippen LogP contribution in [-0.2, 0) is 6.54 Å². The molecule has 2 aromatic rings. The van der Waals surface area contributed by atoms with Crippen LogP contribution in [-0.4, -0.2) is 18.5 Å². The summed E-state index contributed by atoms with van der Waals surface area (Å²) < 4.78 is 0. The van der Waals surface area contributed by atoms with Gasteiger partial charge in [0.2, 0.25) is 0 Å². The van der Waals surface area contributed by atoms with E-state index >= 15 is 0 Å². The van der Waals surface area contributed by atoms with E-state index in [-0.39, 0.29) is 6.04 Å². The Labute approximate surface area is 127 Å². The number of rotatable bonds is 5. The van der Waals surface area contributed by atoms with Crippen molar-refractivity contribution in [1.29, 1.82) is 0 Å². The summed E-state index contributed by atoms with van der Waals surface area (Å²) in [5.41, 5.74) is 8.25. The van der Waals surface area contributed by atoms with Gasteiger partial charge in [-0.25, -0.2) is 0 Å². The fraction of sp³-hybridized carbons (Fsp3) is 0.286. The second-order valence-electron chi connectivity index (χ2n) is 4.50. The van der Waals surface area contributed by atoms with Crippen LogP contribution in [0, 0.1) is 0 Å². The largest absolute Gasteiger partial charge is 0.329 e. The van der Waals surface area contributed by atoms with Crippen LogP contribution >= 0.6 is 34.5 Å². The topological polar surface area (TPSA) is 29.3 Å². The number of likely N-dealkylation sites (N-methyl/N-ethyl adjacent to an activating group) is 1. The van der Waals surface area contributed by atoms with E-state index in [0.29, 0.717) is 16.6 Å². The van der Waals surface area contributed by atoms with Gasteiger partial charge in [0, 0.05) is 29.2 Å². The molecule has 0 aliphatic heterocycles. The van der Waals surface area contributed by atoms with Crippen molar-refractivity contribution in [3.63, 3.8) is 0 Å². The molecule has 0 bridgehead atoms. The maximum atomic E-state index is 6.06. The molecule has 19 heavy (non-hydrogen) atoms. The smallest absolute Gasteiger partial charge is 0.0472 e. The van der Waals surface area contributed by atoms with Gasteiger partial charge >= 0.3 is 0 Å². The number of hydrogen-bond acceptors (Lipinski definition) is 3. The Bertz CT molecular complexity index is 508. The highest BCUT2D eigenvalue weighted by atomic mass is 35.5. The van der Waals surface area contributed by atoms with Gasteiger partial charge in [-0.05, 0) is 53.2 Å². The van der Waals surface area contributed by atoms with Gasteiger partial charge in [-0.1, -0.05) is 23.2 Å². The summed E-state index contributed by atoms with van der Waals surface area (Å²) in [5, 5.41) is 5.51. The van der Waals surface area contributed by atoms with Crippen molar-refractivity contribution >= 4 is 34.5 Å². The van der Waals surface area contributed by atoms with Crippen LogP contribution in [0.4, 0.5) is 0 Å². The number of nitrogens with two attached hydrogens (primary N) is 1. The number of nitrogens with zero attached hydrogens (tertiary/aromatic N) is 1. The van der Waals surface area contributed by atoms with Gasteiger partial charge in [0.25, 0.3) is 0 Å². The molecular weight excluding hydrogens is 299 g/mol. The molecule has 2 rings (SSSR count). The molecular formula is C14H16Cl2N2S. The Morgan fingerprint density at radius 3 is 2.47 bits per heavy atom. The molecule has 2 N–H and O–H groups in total. The minimum Gasteiger partial charge on any atom is -0.329 e. The monoisotopic (exact) mass is 314 g/mol. The second-order valence-corrected chi connectivity index (χ2v) is 6.15. The highest BCUT2D eigenvalue weighted by Gasteiger charge is 2.17. The molecule has 0 aliphatic rings. The molecule has 2 nitrogen and oxygen atoms in total. The van der Waals surface area contributed by atoms with Crippen LogP contribution in [0.3, 0.4) is 0 Å². The van der Waals surface area contributed by atoms with Crippen molar-refractivity contribution in [1.82, 2.24) is 4.90 Å². The standard InChI is InChI=1S/C14H16Cl2N2S/c1-18(8-10-2-3-19-9-10)14(7-17)11-4-12(15)6-13(16)5-11/h2-6,9,14H,7-8,17H2,1H3. The summed E-state index contributed by atoms with van der Waals surface area (Å²) in [6.45, 7) is 1.38. The van der Waals surface area contributed by atoms with E-state index in [1.54, 1.807) is 17.4 Å². The third-order valence-corrected chi connectivity index (χ3v) is 4.21. The van der Waals surface area contributed by atoms with Crippen molar-refractivity contribution in [2.45, 2.75) is 12.6 Å². The first kappa shape index (κ1) is 14.8. The van der Waals surface area contributed by atoms with Crippen molar-refractivity contribution in [2.24, 2.45) is 5.73 Å². The van der Waals surface area contributed by atoms with Crippen LogP contribution in [0.25, 0.3) is 0 Å². The minimum absolute atomic E-state index is 0.107. The van der Waals surface area contributed by atoms with E-state index in [4.69, 9.17) is 28.9 Å². The predicted molar refractivity (Wildman–Crippen MR) is 84.0 cm³/mol. The van der Waals surface area contributed by atoms with Gasteiger partial charge in [-0.15, -0.1) is 0 Å². The molecule has 0 aliphatic carbocycles. The Morgan fingerprint density at radius 1 is 1.26 bits per heavy atom. The molecule has 5 heteroatoms. The zero-order valence-electron chi connectivity index (χ0n) is 10.6. The van der Waals surface area contributed by atoms with Crippen LogP contribution in [0.1, 0.15) is 17.2 Å². The lowest BCUT2D eigenvalue weighted by molar-refractivity contribution is 0.242. The minimum atomic E-state index is 0.107. The van der Waals surface area contributed by atoms with Crippen LogP contribution in [0.2, 0.25) is 10.0 Å². The lowest BCUT2D eigenvalue weighted by atomic mass is 10.1. The predicted octanol–water partition coefficient (Wildman–Crippen LogP) is 4.19. The third-order valence-electron chi connectivity index (χ3n) is 3.04. The first-order valence-electron chi connectivity index (χ1n) is 5.97. The first-order valence-corrected chi connectivity index (χ1v) is 7.67. The molecule has 0 spiro atoms. The molecule has 1 aromatic carbocycles. The van der Waals surface area contributed by atoms with Crippen LogP contribution in [0.5, 0.6) is 0 Å². The van der Waals surface area contributed by atoms with Gasteiger partial charge < -0.3 is 5.73 Å². The summed E-state index contributed by atoms with van der Waals surface area (Å²) in [5.74, 6) is 0. The number of benzene rings is 1. The molecule has 0 fully saturated rings. The summed E-state index contributed by atoms with van der Waals surface area (Å²) in [7, 11) is 2.06. The van der Waals surface area contributed by atoms with E-state index in [9.17, 15) is 0 Å². The molecule has 1 atom stereocenters. The Kier molecular flexibility index (Phi) is 5.25. The van der Waals surface area contributed by atoms with Crippen molar-refractivity contribution in [3.8, 4) is 0 Å². The highest BCUT2D eigenvalue weighted by Crippen LogP contribution is 2.27. The molecule has 0 radical (unpaired) electrons. The van der Waals surface area contributed by atoms with Crippen molar-refractivity contribution < 1.29 is 0 Å². The highest BCUT2D eigenvalue weighted by molar-refractivity contribution is 7.07. The third kappa shape index (κ3) is 3.94. The van der Waals surface area contributed by atoms with E-state index < -0.39 is 0 Å². The van der Waals surface area contributed by atoms with Crippen LogP contribution in [0.15, 0.2) is 35.0 Å². The van der Waals surface area contributed by atoms with E-state index in [0.717, 1.165) is 12.1 Å². The van der Waals surface area contributed by atoms with Crippen molar-refractivity contribution in [2.75, 3.05) is 13.6 Å². The maximum absolute atomic E-state index is 6.06. The van der Waals surface area contributed by atoms with Gasteiger partial charge in [-0.2, -0.15) is 11.3 Å². The molecule has 1 aromatic heterocycles. The van der Waals surface area contributed by atoms with Crippen molar-refractivity contribution in [3.05, 3.63) is 56.2 Å². The average molecular weight is 315 g/mol. The summed E-state index contributed by atoms with van der Waals surface area (Å²) in [6.07, 6.45) is 0. The fourth-order valence-electron chi connectivity index (χ4n) is 2.12. The van der Waals surface area contributed by atoms with E-state index in [2.05, 4.69) is 28.8 Å². The quantitative estimate of drug-likeness (QED) is 0.896.